The summed E-state index contributed by atoms with van der Waals surface area (Å²) in [6.07, 6.45) is 7.87. The Bertz CT molecular complexity index is 830. The number of allylic oxidation sites excluding steroid dienone is 1. The van der Waals surface area contributed by atoms with Crippen molar-refractivity contribution in [2.75, 3.05) is 0 Å². The van der Waals surface area contributed by atoms with Crippen LogP contribution in [-0.4, -0.2) is 26.5 Å². The quantitative estimate of drug-likeness (QED) is 0.682. The maximum atomic E-state index is 12.0. The van der Waals surface area contributed by atoms with Gasteiger partial charge in [0.15, 0.2) is 5.78 Å². The highest BCUT2D eigenvalue weighted by molar-refractivity contribution is 6.12. The highest BCUT2D eigenvalue weighted by Gasteiger charge is 2.36. The molecular formula is C19H14N2O2. The summed E-state index contributed by atoms with van der Waals surface area (Å²) in [4.78, 5) is 20.3. The van der Waals surface area contributed by atoms with Crippen LogP contribution in [0.15, 0.2) is 66.5 Å². The molecule has 4 heteroatoms. The maximum absolute atomic E-state index is 12.0. The molecule has 0 fully saturated rings. The normalized spacial score (nSPS) is 21.3. The Hall–Kier alpha value is -3.03. The fraction of sp³-hybridized carbons (Fsp3) is 0.105. The van der Waals surface area contributed by atoms with E-state index in [1.165, 1.54) is 12.2 Å². The van der Waals surface area contributed by atoms with Crippen molar-refractivity contribution in [2.45, 2.75) is 12.0 Å². The predicted molar refractivity (Wildman–Crippen MR) is 87.0 cm³/mol. The van der Waals surface area contributed by atoms with Crippen LogP contribution in [0.4, 0.5) is 0 Å². The highest BCUT2D eigenvalue weighted by atomic mass is 16.3. The molecular weight excluding hydrogens is 288 g/mol. The Labute approximate surface area is 134 Å². The van der Waals surface area contributed by atoms with Crippen LogP contribution in [0, 0.1) is 11.8 Å². The molecule has 1 unspecified atom stereocenters. The molecule has 2 aromatic heterocycles. The smallest absolute Gasteiger partial charge is 0.184 e. The van der Waals surface area contributed by atoms with E-state index in [4.69, 9.17) is 0 Å². The van der Waals surface area contributed by atoms with E-state index in [1.807, 2.05) is 18.2 Å². The zero-order chi connectivity index (χ0) is 16.1. The molecule has 3 rings (SSSR count). The molecule has 0 aliphatic heterocycles. The molecule has 1 aliphatic carbocycles. The Morgan fingerprint density at radius 3 is 2.61 bits per heavy atom. The van der Waals surface area contributed by atoms with Crippen molar-refractivity contribution in [2.24, 2.45) is 0 Å². The Morgan fingerprint density at radius 1 is 1.13 bits per heavy atom. The molecule has 23 heavy (non-hydrogen) atoms. The maximum Gasteiger partial charge on any atom is 0.184 e. The molecule has 0 saturated carbocycles. The Kier molecular flexibility index (Phi) is 4.13. The van der Waals surface area contributed by atoms with Gasteiger partial charge in [-0.05, 0) is 48.4 Å². The summed E-state index contributed by atoms with van der Waals surface area (Å²) >= 11 is 0. The fourth-order valence-corrected chi connectivity index (χ4v) is 2.27. The van der Waals surface area contributed by atoms with E-state index in [1.54, 1.807) is 36.7 Å². The van der Waals surface area contributed by atoms with Crippen molar-refractivity contribution >= 4 is 11.9 Å². The van der Waals surface area contributed by atoms with Gasteiger partial charge in [0, 0.05) is 24.4 Å². The molecule has 0 saturated heterocycles. The first kappa shape index (κ1) is 14.9. The Balaban J connectivity index is 1.85. The van der Waals surface area contributed by atoms with E-state index in [0.717, 1.165) is 0 Å². The summed E-state index contributed by atoms with van der Waals surface area (Å²) in [6, 6.07) is 10.8. The van der Waals surface area contributed by atoms with Crippen molar-refractivity contribution in [1.82, 2.24) is 9.97 Å². The Morgan fingerprint density at radius 2 is 1.91 bits per heavy atom. The molecule has 0 radical (unpaired) electrons. The number of nitrogens with zero attached hydrogens (tertiary/aromatic N) is 2. The topological polar surface area (TPSA) is 63.1 Å². The molecule has 1 atom stereocenters. The zero-order valence-electron chi connectivity index (χ0n) is 12.3. The van der Waals surface area contributed by atoms with Crippen LogP contribution in [0.1, 0.15) is 17.8 Å². The lowest BCUT2D eigenvalue weighted by atomic mass is 9.92. The van der Waals surface area contributed by atoms with Gasteiger partial charge in [0.2, 0.25) is 0 Å². The number of aliphatic hydroxyl groups is 1. The predicted octanol–water partition coefficient (Wildman–Crippen LogP) is 2.17. The average molecular weight is 302 g/mol. The SMILES string of the molecule is O=C1C=CC(O)(CC#Cc2ccccn2)/C1=C\c1ccccn1. The van der Waals surface area contributed by atoms with Gasteiger partial charge >= 0.3 is 0 Å². The van der Waals surface area contributed by atoms with Gasteiger partial charge in [-0.2, -0.15) is 0 Å². The van der Waals surface area contributed by atoms with E-state index in [-0.39, 0.29) is 17.8 Å². The average Bonchev–Trinajstić information content (AvgIpc) is 2.86. The molecule has 4 nitrogen and oxygen atoms in total. The van der Waals surface area contributed by atoms with Crippen LogP contribution in [0.3, 0.4) is 0 Å². The van der Waals surface area contributed by atoms with Gasteiger partial charge in [0.25, 0.3) is 0 Å². The van der Waals surface area contributed by atoms with Crippen LogP contribution in [-0.2, 0) is 4.79 Å². The number of hydrogen-bond acceptors (Lipinski definition) is 4. The number of carbonyl (C=O) groups excluding carboxylic acids is 1. The first-order valence-electron chi connectivity index (χ1n) is 7.16. The molecule has 0 aromatic carbocycles. The monoisotopic (exact) mass is 302 g/mol. The molecule has 0 spiro atoms. The fourth-order valence-electron chi connectivity index (χ4n) is 2.27. The van der Waals surface area contributed by atoms with Gasteiger partial charge in [-0.25, -0.2) is 4.98 Å². The van der Waals surface area contributed by atoms with Crippen LogP contribution < -0.4 is 0 Å². The first-order valence-corrected chi connectivity index (χ1v) is 7.16. The van der Waals surface area contributed by atoms with E-state index >= 15 is 0 Å². The number of pyridine rings is 2. The van der Waals surface area contributed by atoms with Crippen molar-refractivity contribution in [3.8, 4) is 11.8 Å². The van der Waals surface area contributed by atoms with E-state index in [2.05, 4.69) is 21.8 Å². The largest absolute Gasteiger partial charge is 0.380 e. The van der Waals surface area contributed by atoms with Gasteiger partial charge in [-0.1, -0.05) is 18.1 Å². The first-order chi connectivity index (χ1) is 11.2. The lowest BCUT2D eigenvalue weighted by molar-refractivity contribution is -0.111. The van der Waals surface area contributed by atoms with Crippen molar-refractivity contribution in [3.63, 3.8) is 0 Å². The summed E-state index contributed by atoms with van der Waals surface area (Å²) in [5.74, 6) is 5.56. The minimum Gasteiger partial charge on any atom is -0.380 e. The molecule has 1 aliphatic rings. The second-order valence-corrected chi connectivity index (χ2v) is 5.13. The summed E-state index contributed by atoms with van der Waals surface area (Å²) < 4.78 is 0. The van der Waals surface area contributed by atoms with Crippen molar-refractivity contribution < 1.29 is 9.90 Å². The van der Waals surface area contributed by atoms with Gasteiger partial charge < -0.3 is 5.11 Å². The third-order valence-electron chi connectivity index (χ3n) is 3.46. The lowest BCUT2D eigenvalue weighted by Gasteiger charge is -2.19. The summed E-state index contributed by atoms with van der Waals surface area (Å²) in [5.41, 5.74) is 0.137. The van der Waals surface area contributed by atoms with Gasteiger partial charge in [-0.3, -0.25) is 9.78 Å². The highest BCUT2D eigenvalue weighted by Crippen LogP contribution is 2.30. The number of carbonyl (C=O) groups is 1. The van der Waals surface area contributed by atoms with Gasteiger partial charge in [0.1, 0.15) is 11.3 Å². The molecule has 1 N–H and O–H groups in total. The standard InChI is InChI=1S/C19H14N2O2/c22-18-9-11-19(23,10-5-8-15-6-1-3-12-20-15)17(18)14-16-7-2-4-13-21-16/h1-4,6-7,9,11-14,23H,10H2/b17-14-. The third-order valence-corrected chi connectivity index (χ3v) is 3.46. The number of rotatable bonds is 2. The number of hydrogen-bond donors (Lipinski definition) is 1. The molecule has 0 amide bonds. The second-order valence-electron chi connectivity index (χ2n) is 5.13. The van der Waals surface area contributed by atoms with Crippen LogP contribution in [0.5, 0.6) is 0 Å². The second kappa shape index (κ2) is 6.39. The van der Waals surface area contributed by atoms with Crippen LogP contribution in [0.2, 0.25) is 0 Å². The van der Waals surface area contributed by atoms with Crippen molar-refractivity contribution in [1.29, 1.82) is 0 Å². The minimum absolute atomic E-state index is 0.116. The summed E-state index contributed by atoms with van der Waals surface area (Å²) in [6.45, 7) is 0. The number of ketones is 1. The van der Waals surface area contributed by atoms with Crippen LogP contribution >= 0.6 is 0 Å². The van der Waals surface area contributed by atoms with E-state index in [0.29, 0.717) is 11.4 Å². The van der Waals surface area contributed by atoms with Crippen LogP contribution in [0.25, 0.3) is 6.08 Å². The zero-order valence-corrected chi connectivity index (χ0v) is 12.3. The molecule has 2 heterocycles. The van der Waals surface area contributed by atoms with E-state index < -0.39 is 5.60 Å². The van der Waals surface area contributed by atoms with Gasteiger partial charge in [0.05, 0.1) is 5.69 Å². The third kappa shape index (κ3) is 3.42. The number of aromatic nitrogens is 2. The van der Waals surface area contributed by atoms with Crippen molar-refractivity contribution in [3.05, 3.63) is 77.9 Å². The van der Waals surface area contributed by atoms with E-state index in [9.17, 15) is 9.90 Å². The summed E-state index contributed by atoms with van der Waals surface area (Å²) in [7, 11) is 0. The summed E-state index contributed by atoms with van der Waals surface area (Å²) in [5, 5.41) is 10.7. The molecule has 112 valence electrons. The molecule has 0 bridgehead atoms. The lowest BCUT2D eigenvalue weighted by Crippen LogP contribution is -2.27. The minimum atomic E-state index is -1.39. The van der Waals surface area contributed by atoms with Gasteiger partial charge in [-0.15, -0.1) is 0 Å². The molecule has 2 aromatic rings.